The first-order valence-corrected chi connectivity index (χ1v) is 6.15. The maximum atomic E-state index is 13.6. The Morgan fingerprint density at radius 3 is 2.75 bits per heavy atom. The largest absolute Gasteiger partial charge is 0.380 e. The highest BCUT2D eigenvalue weighted by Gasteiger charge is 2.18. The Balaban J connectivity index is 2.18. The molecule has 0 aliphatic heterocycles. The van der Waals surface area contributed by atoms with Gasteiger partial charge < -0.3 is 10.3 Å². The molecule has 20 heavy (non-hydrogen) atoms. The van der Waals surface area contributed by atoms with Crippen molar-refractivity contribution in [1.29, 1.82) is 0 Å². The van der Waals surface area contributed by atoms with Gasteiger partial charge >= 0.3 is 0 Å². The fourth-order valence-corrected chi connectivity index (χ4v) is 2.04. The topological polar surface area (TPSA) is 64.9 Å². The van der Waals surface area contributed by atoms with Gasteiger partial charge in [-0.3, -0.25) is 4.98 Å². The summed E-state index contributed by atoms with van der Waals surface area (Å²) < 4.78 is 18.8. The van der Waals surface area contributed by atoms with E-state index in [0.29, 0.717) is 16.9 Å². The summed E-state index contributed by atoms with van der Waals surface area (Å²) in [5.41, 5.74) is 7.67. The predicted molar refractivity (Wildman–Crippen MR) is 74.6 cm³/mol. The fourth-order valence-electron chi connectivity index (χ4n) is 1.93. The maximum Gasteiger partial charge on any atom is 0.177 e. The molecule has 0 aliphatic rings. The van der Waals surface area contributed by atoms with Gasteiger partial charge in [-0.2, -0.15) is 0 Å². The van der Waals surface area contributed by atoms with Crippen LogP contribution in [0.4, 0.5) is 10.2 Å². The third-order valence-corrected chi connectivity index (χ3v) is 3.16. The first-order valence-electron chi connectivity index (χ1n) is 5.78. The highest BCUT2D eigenvalue weighted by atomic mass is 35.5. The van der Waals surface area contributed by atoms with Gasteiger partial charge in [0, 0.05) is 23.5 Å². The fraction of sp³-hybridized carbons (Fsp3) is 0. The number of nitrogens with zero attached hydrogens (tertiary/aromatic N) is 2. The minimum absolute atomic E-state index is 0.0455. The number of nitrogen functional groups attached to an aromatic ring is 1. The van der Waals surface area contributed by atoms with Gasteiger partial charge in [-0.1, -0.05) is 22.8 Å². The van der Waals surface area contributed by atoms with Gasteiger partial charge in [-0.15, -0.1) is 0 Å². The standard InChI is InChI=1S/C14H9ClFN3O/c15-10-4-3-8(6-11(10)16)13-12(14(17)19-20-13)9-2-1-5-18-7-9/h1-7H,(H2,17,19). The molecule has 0 unspecified atom stereocenters. The number of pyridine rings is 1. The summed E-state index contributed by atoms with van der Waals surface area (Å²) in [6.07, 6.45) is 3.29. The summed E-state index contributed by atoms with van der Waals surface area (Å²) in [5.74, 6) is 0.0747. The van der Waals surface area contributed by atoms with E-state index in [4.69, 9.17) is 21.9 Å². The van der Waals surface area contributed by atoms with Crippen LogP contribution in [0.3, 0.4) is 0 Å². The van der Waals surface area contributed by atoms with Crippen LogP contribution in [0.5, 0.6) is 0 Å². The van der Waals surface area contributed by atoms with Crippen molar-refractivity contribution in [3.8, 4) is 22.5 Å². The molecule has 100 valence electrons. The zero-order valence-electron chi connectivity index (χ0n) is 10.2. The second kappa shape index (κ2) is 4.94. The van der Waals surface area contributed by atoms with Crippen LogP contribution >= 0.6 is 11.6 Å². The molecule has 0 bridgehead atoms. The Morgan fingerprint density at radius 1 is 1.20 bits per heavy atom. The van der Waals surface area contributed by atoms with Crippen molar-refractivity contribution in [3.63, 3.8) is 0 Å². The summed E-state index contributed by atoms with van der Waals surface area (Å²) in [6.45, 7) is 0. The lowest BCUT2D eigenvalue weighted by molar-refractivity contribution is 0.436. The number of aromatic nitrogens is 2. The van der Waals surface area contributed by atoms with Crippen molar-refractivity contribution >= 4 is 17.4 Å². The van der Waals surface area contributed by atoms with Crippen molar-refractivity contribution in [1.82, 2.24) is 10.1 Å². The molecule has 4 nitrogen and oxygen atoms in total. The molecule has 0 radical (unpaired) electrons. The van der Waals surface area contributed by atoms with Gasteiger partial charge in [0.25, 0.3) is 0 Å². The molecule has 3 rings (SSSR count). The second-order valence-corrected chi connectivity index (χ2v) is 4.55. The highest BCUT2D eigenvalue weighted by Crippen LogP contribution is 2.36. The monoisotopic (exact) mass is 289 g/mol. The zero-order chi connectivity index (χ0) is 14.1. The molecule has 0 saturated carbocycles. The maximum absolute atomic E-state index is 13.6. The summed E-state index contributed by atoms with van der Waals surface area (Å²) >= 11 is 5.67. The average molecular weight is 290 g/mol. The van der Waals surface area contributed by atoms with Crippen LogP contribution in [0.2, 0.25) is 5.02 Å². The number of nitrogens with two attached hydrogens (primary N) is 1. The van der Waals surface area contributed by atoms with E-state index < -0.39 is 5.82 Å². The van der Waals surface area contributed by atoms with Gasteiger partial charge in [0.1, 0.15) is 5.82 Å². The number of halogens is 2. The highest BCUT2D eigenvalue weighted by molar-refractivity contribution is 6.30. The summed E-state index contributed by atoms with van der Waals surface area (Å²) in [5, 5.41) is 3.79. The van der Waals surface area contributed by atoms with E-state index in [2.05, 4.69) is 10.1 Å². The van der Waals surface area contributed by atoms with E-state index in [-0.39, 0.29) is 10.8 Å². The van der Waals surface area contributed by atoms with E-state index in [1.165, 1.54) is 12.1 Å². The molecule has 3 aromatic rings. The molecule has 0 spiro atoms. The smallest absolute Gasteiger partial charge is 0.177 e. The Bertz CT molecular complexity index is 758. The Labute approximate surface area is 119 Å². The van der Waals surface area contributed by atoms with Crippen LogP contribution in [0.15, 0.2) is 47.2 Å². The Hall–Kier alpha value is -2.40. The third-order valence-electron chi connectivity index (χ3n) is 2.85. The summed E-state index contributed by atoms with van der Waals surface area (Å²) in [6, 6.07) is 7.98. The number of rotatable bonds is 2. The molecule has 0 aliphatic carbocycles. The Morgan fingerprint density at radius 2 is 2.05 bits per heavy atom. The number of hydrogen-bond acceptors (Lipinski definition) is 4. The number of hydrogen-bond donors (Lipinski definition) is 1. The lowest BCUT2D eigenvalue weighted by atomic mass is 10.0. The number of benzene rings is 1. The minimum Gasteiger partial charge on any atom is -0.380 e. The molecule has 2 heterocycles. The molecule has 0 amide bonds. The van der Waals surface area contributed by atoms with E-state index >= 15 is 0 Å². The minimum atomic E-state index is -0.531. The molecule has 6 heteroatoms. The van der Waals surface area contributed by atoms with E-state index in [1.54, 1.807) is 24.5 Å². The van der Waals surface area contributed by atoms with E-state index in [9.17, 15) is 4.39 Å². The first-order chi connectivity index (χ1) is 9.66. The predicted octanol–water partition coefficient (Wildman–Crippen LogP) is 3.78. The molecule has 2 aromatic heterocycles. The van der Waals surface area contributed by atoms with E-state index in [1.807, 2.05) is 6.07 Å². The van der Waals surface area contributed by atoms with Crippen molar-refractivity contribution in [2.45, 2.75) is 0 Å². The molecular weight excluding hydrogens is 281 g/mol. The SMILES string of the molecule is Nc1noc(-c2ccc(Cl)c(F)c2)c1-c1cccnc1. The second-order valence-electron chi connectivity index (χ2n) is 4.14. The van der Waals surface area contributed by atoms with Gasteiger partial charge in [0.05, 0.1) is 10.6 Å². The van der Waals surface area contributed by atoms with Crippen LogP contribution < -0.4 is 5.73 Å². The molecule has 0 saturated heterocycles. The van der Waals surface area contributed by atoms with Crippen molar-refractivity contribution in [2.75, 3.05) is 5.73 Å². The Kier molecular flexibility index (Phi) is 3.12. The summed E-state index contributed by atoms with van der Waals surface area (Å²) in [7, 11) is 0. The van der Waals surface area contributed by atoms with Crippen molar-refractivity contribution in [2.24, 2.45) is 0 Å². The average Bonchev–Trinajstić information content (AvgIpc) is 2.85. The van der Waals surface area contributed by atoms with Gasteiger partial charge in [-0.25, -0.2) is 4.39 Å². The van der Waals surface area contributed by atoms with Gasteiger partial charge in [-0.05, 0) is 24.3 Å². The molecule has 0 atom stereocenters. The van der Waals surface area contributed by atoms with E-state index in [0.717, 1.165) is 5.56 Å². The molecule has 2 N–H and O–H groups in total. The van der Waals surface area contributed by atoms with Crippen molar-refractivity contribution < 1.29 is 8.91 Å². The lowest BCUT2D eigenvalue weighted by Gasteiger charge is -2.03. The van der Waals surface area contributed by atoms with Crippen LogP contribution in [0.25, 0.3) is 22.5 Å². The van der Waals surface area contributed by atoms with Crippen LogP contribution in [0.1, 0.15) is 0 Å². The first kappa shape index (κ1) is 12.6. The molecular formula is C14H9ClFN3O. The number of anilines is 1. The zero-order valence-corrected chi connectivity index (χ0v) is 10.9. The molecule has 0 fully saturated rings. The van der Waals surface area contributed by atoms with Crippen LogP contribution in [-0.2, 0) is 0 Å². The molecule has 1 aromatic carbocycles. The quantitative estimate of drug-likeness (QED) is 0.780. The lowest BCUT2D eigenvalue weighted by Crippen LogP contribution is -1.89. The normalized spacial score (nSPS) is 10.7. The van der Waals surface area contributed by atoms with Crippen LogP contribution in [0, 0.1) is 5.82 Å². The van der Waals surface area contributed by atoms with Crippen LogP contribution in [-0.4, -0.2) is 10.1 Å². The summed E-state index contributed by atoms with van der Waals surface area (Å²) in [4.78, 5) is 4.03. The van der Waals surface area contributed by atoms with Gasteiger partial charge in [0.2, 0.25) is 0 Å². The van der Waals surface area contributed by atoms with Gasteiger partial charge in [0.15, 0.2) is 11.6 Å². The van der Waals surface area contributed by atoms with Crippen molar-refractivity contribution in [3.05, 3.63) is 53.6 Å². The third kappa shape index (κ3) is 2.12.